The van der Waals surface area contributed by atoms with E-state index >= 15 is 0 Å². The average molecular weight is 407 g/mol. The molecule has 0 unspecified atom stereocenters. The van der Waals surface area contributed by atoms with Crippen LogP contribution in [0.25, 0.3) is 0 Å². The minimum atomic E-state index is -3.85. The smallest absolute Gasteiger partial charge is 0.321 e. The maximum Gasteiger partial charge on any atom is 0.321 e. The van der Waals surface area contributed by atoms with Gasteiger partial charge in [0.15, 0.2) is 11.6 Å². The van der Waals surface area contributed by atoms with Crippen molar-refractivity contribution in [3.05, 3.63) is 35.7 Å². The van der Waals surface area contributed by atoms with E-state index in [2.05, 4.69) is 19.7 Å². The van der Waals surface area contributed by atoms with Gasteiger partial charge in [-0.25, -0.2) is 13.1 Å². The first-order valence-corrected chi connectivity index (χ1v) is 10.1. The van der Waals surface area contributed by atoms with E-state index in [0.717, 1.165) is 0 Å². The summed E-state index contributed by atoms with van der Waals surface area (Å²) in [5, 5.41) is 0. The number of aromatic nitrogens is 3. The first-order chi connectivity index (χ1) is 13.4. The van der Waals surface area contributed by atoms with Crippen LogP contribution in [0.4, 0.5) is 5.95 Å². The van der Waals surface area contributed by atoms with Gasteiger partial charge in [0.1, 0.15) is 0 Å². The minimum absolute atomic E-state index is 0.00498. The fraction of sp³-hybridized carbons (Fsp3) is 0.412. The number of anilines is 1. The zero-order valence-electron chi connectivity index (χ0n) is 15.6. The molecule has 0 amide bonds. The second kappa shape index (κ2) is 8.59. The van der Waals surface area contributed by atoms with Gasteiger partial charge in [-0.3, -0.25) is 4.79 Å². The molecule has 1 fully saturated rings. The second-order valence-corrected chi connectivity index (χ2v) is 7.81. The zero-order chi connectivity index (χ0) is 20.1. The second-order valence-electron chi connectivity index (χ2n) is 6.05. The van der Waals surface area contributed by atoms with Crippen LogP contribution in [0, 0.1) is 0 Å². The Morgan fingerprint density at radius 2 is 2.00 bits per heavy atom. The Hall–Kier alpha value is -2.63. The summed E-state index contributed by atoms with van der Waals surface area (Å²) in [5.41, 5.74) is 0.319. The number of hydrogen-bond acceptors (Lipinski definition) is 9. The van der Waals surface area contributed by atoms with E-state index < -0.39 is 10.0 Å². The molecule has 0 atom stereocenters. The molecule has 1 aromatic carbocycles. The Labute approximate surface area is 163 Å². The maximum atomic E-state index is 12.6. The highest BCUT2D eigenvalue weighted by Crippen LogP contribution is 2.15. The number of ether oxygens (including phenoxy) is 2. The van der Waals surface area contributed by atoms with Crippen LogP contribution >= 0.6 is 0 Å². The zero-order valence-corrected chi connectivity index (χ0v) is 16.4. The summed E-state index contributed by atoms with van der Waals surface area (Å²) in [4.78, 5) is 26.1. The van der Waals surface area contributed by atoms with Crippen molar-refractivity contribution in [2.75, 3.05) is 38.3 Å². The summed E-state index contributed by atoms with van der Waals surface area (Å²) >= 11 is 0. The molecular weight excluding hydrogens is 386 g/mol. The molecule has 0 bridgehead atoms. The van der Waals surface area contributed by atoms with Crippen LogP contribution in [0.3, 0.4) is 0 Å². The van der Waals surface area contributed by atoms with Crippen molar-refractivity contribution in [1.82, 2.24) is 19.7 Å². The van der Waals surface area contributed by atoms with Crippen molar-refractivity contribution in [2.24, 2.45) is 0 Å². The van der Waals surface area contributed by atoms with Crippen LogP contribution in [0.1, 0.15) is 23.1 Å². The molecule has 0 radical (unpaired) electrons. The molecule has 2 heterocycles. The molecule has 3 rings (SSSR count). The lowest BCUT2D eigenvalue weighted by molar-refractivity contribution is 0.101. The van der Waals surface area contributed by atoms with E-state index in [1.165, 1.54) is 32.2 Å². The lowest BCUT2D eigenvalue weighted by atomic mass is 10.2. The van der Waals surface area contributed by atoms with Crippen molar-refractivity contribution in [2.45, 2.75) is 18.4 Å². The number of Topliss-reactive ketones (excluding diaryl/α,β-unsaturated/α-hetero) is 1. The number of benzene rings is 1. The van der Waals surface area contributed by atoms with Gasteiger partial charge in [-0.1, -0.05) is 12.1 Å². The molecule has 10 nitrogen and oxygen atoms in total. The normalized spacial score (nSPS) is 14.7. The van der Waals surface area contributed by atoms with Crippen LogP contribution in [-0.4, -0.2) is 62.6 Å². The molecule has 11 heteroatoms. The summed E-state index contributed by atoms with van der Waals surface area (Å²) in [6.45, 7) is 3.59. The molecule has 0 aliphatic carbocycles. The highest BCUT2D eigenvalue weighted by Gasteiger charge is 2.19. The van der Waals surface area contributed by atoms with Crippen molar-refractivity contribution in [1.29, 1.82) is 0 Å². The van der Waals surface area contributed by atoms with Gasteiger partial charge >= 0.3 is 6.01 Å². The maximum absolute atomic E-state index is 12.6. The van der Waals surface area contributed by atoms with Gasteiger partial charge in [0.25, 0.3) is 0 Å². The Balaban J connectivity index is 1.79. The number of rotatable bonds is 7. The van der Waals surface area contributed by atoms with Gasteiger partial charge in [0.05, 0.1) is 31.8 Å². The molecule has 0 spiro atoms. The third-order valence-electron chi connectivity index (χ3n) is 4.10. The molecule has 1 saturated heterocycles. The number of nitrogens with one attached hydrogen (secondary N) is 1. The number of sulfonamides is 1. The minimum Gasteiger partial charge on any atom is -0.467 e. The van der Waals surface area contributed by atoms with E-state index in [1.54, 1.807) is 6.07 Å². The number of hydrogen-bond donors (Lipinski definition) is 1. The lowest BCUT2D eigenvalue weighted by Crippen LogP contribution is -2.37. The standard InChI is InChI=1S/C17H21N5O5S/c1-12(23)13-4-3-5-14(10-13)28(24,25)18-11-15-19-16(21-17(20-15)26-2)22-6-8-27-9-7-22/h3-5,10,18H,6-9,11H2,1-2H3. The molecule has 0 saturated carbocycles. The van der Waals surface area contributed by atoms with Gasteiger partial charge in [0.2, 0.25) is 16.0 Å². The Morgan fingerprint density at radius 1 is 1.25 bits per heavy atom. The molecule has 1 aliphatic rings. The molecular formula is C17H21N5O5S. The molecule has 1 N–H and O–H groups in total. The first kappa shape index (κ1) is 20.1. The van der Waals surface area contributed by atoms with Crippen LogP contribution in [0.2, 0.25) is 0 Å². The van der Waals surface area contributed by atoms with E-state index in [0.29, 0.717) is 37.8 Å². The van der Waals surface area contributed by atoms with Crippen LogP contribution in [-0.2, 0) is 21.3 Å². The Kier molecular flexibility index (Phi) is 6.17. The number of carbonyl (C=O) groups is 1. The third kappa shape index (κ3) is 4.80. The van der Waals surface area contributed by atoms with E-state index in [-0.39, 0.29) is 29.1 Å². The van der Waals surface area contributed by atoms with E-state index in [4.69, 9.17) is 9.47 Å². The summed E-state index contributed by atoms with van der Waals surface area (Å²) in [5.74, 6) is 0.414. The van der Waals surface area contributed by atoms with Crippen molar-refractivity contribution >= 4 is 21.8 Å². The fourth-order valence-corrected chi connectivity index (χ4v) is 3.61. The number of morpholine rings is 1. The van der Waals surface area contributed by atoms with Gasteiger partial charge in [-0.05, 0) is 19.1 Å². The fourth-order valence-electron chi connectivity index (χ4n) is 2.59. The number of methoxy groups -OCH3 is 1. The van der Waals surface area contributed by atoms with E-state index in [9.17, 15) is 13.2 Å². The molecule has 150 valence electrons. The van der Waals surface area contributed by atoms with Gasteiger partial charge < -0.3 is 14.4 Å². The van der Waals surface area contributed by atoms with Crippen LogP contribution in [0.5, 0.6) is 6.01 Å². The largest absolute Gasteiger partial charge is 0.467 e. The highest BCUT2D eigenvalue weighted by molar-refractivity contribution is 7.89. The van der Waals surface area contributed by atoms with Gasteiger partial charge in [-0.2, -0.15) is 15.0 Å². The van der Waals surface area contributed by atoms with E-state index in [1.807, 2.05) is 4.90 Å². The SMILES string of the molecule is COc1nc(CNS(=O)(=O)c2cccc(C(C)=O)c2)nc(N2CCOCC2)n1. The number of nitrogens with zero attached hydrogens (tertiary/aromatic N) is 4. The van der Waals surface area contributed by atoms with Gasteiger partial charge in [0, 0.05) is 18.7 Å². The Morgan fingerprint density at radius 3 is 2.68 bits per heavy atom. The summed E-state index contributed by atoms with van der Waals surface area (Å²) in [6, 6.07) is 5.93. The summed E-state index contributed by atoms with van der Waals surface area (Å²) in [7, 11) is -2.42. The molecule has 28 heavy (non-hydrogen) atoms. The summed E-state index contributed by atoms with van der Waals surface area (Å²) < 4.78 is 38.0. The highest BCUT2D eigenvalue weighted by atomic mass is 32.2. The summed E-state index contributed by atoms with van der Waals surface area (Å²) in [6.07, 6.45) is 0. The van der Waals surface area contributed by atoms with Crippen LogP contribution in [0.15, 0.2) is 29.2 Å². The average Bonchev–Trinajstić information content (AvgIpc) is 2.73. The molecule has 1 aromatic heterocycles. The quantitative estimate of drug-likeness (QED) is 0.649. The number of carbonyl (C=O) groups excluding carboxylic acids is 1. The molecule has 1 aliphatic heterocycles. The van der Waals surface area contributed by atoms with Gasteiger partial charge in [-0.15, -0.1) is 0 Å². The van der Waals surface area contributed by atoms with Crippen molar-refractivity contribution in [3.63, 3.8) is 0 Å². The predicted octanol–water partition coefficient (Wildman–Crippen LogP) is 0.398. The molecule has 2 aromatic rings. The number of ketones is 1. The Bertz CT molecular complexity index is 960. The lowest BCUT2D eigenvalue weighted by Gasteiger charge is -2.26. The topological polar surface area (TPSA) is 124 Å². The third-order valence-corrected chi connectivity index (χ3v) is 5.50. The van der Waals surface area contributed by atoms with Crippen molar-refractivity contribution < 1.29 is 22.7 Å². The van der Waals surface area contributed by atoms with Crippen molar-refractivity contribution in [3.8, 4) is 6.01 Å². The first-order valence-electron chi connectivity index (χ1n) is 8.61. The van der Waals surface area contributed by atoms with Crippen LogP contribution < -0.4 is 14.4 Å². The predicted molar refractivity (Wildman–Crippen MR) is 99.9 cm³/mol. The monoisotopic (exact) mass is 407 g/mol.